The number of carbonyl (C=O) groups excluding carboxylic acids is 2. The average molecular weight is 1360 g/mol. The third-order valence-electron chi connectivity index (χ3n) is 19.1. The van der Waals surface area contributed by atoms with Crippen LogP contribution in [0.1, 0.15) is 431 Å². The van der Waals surface area contributed by atoms with Gasteiger partial charge in [-0.1, -0.05) is 416 Å². The maximum absolute atomic E-state index is 12.9. The molecule has 0 aliphatic rings. The van der Waals surface area contributed by atoms with Gasteiger partial charge in [0.1, 0.15) is 19.8 Å². The monoisotopic (exact) mass is 1360 g/mol. The maximum atomic E-state index is 12.9. The molecule has 0 aromatic carbocycles. The van der Waals surface area contributed by atoms with E-state index in [1.807, 2.05) is 21.1 Å². The molecule has 0 radical (unpaired) electrons. The van der Waals surface area contributed by atoms with Crippen LogP contribution in [0.15, 0.2) is 48.6 Å². The summed E-state index contributed by atoms with van der Waals surface area (Å²) >= 11 is 0. The molecule has 0 spiro atoms. The summed E-state index contributed by atoms with van der Waals surface area (Å²) in [5.74, 6) is -0.769. The summed E-state index contributed by atoms with van der Waals surface area (Å²) < 4.78 is 34.9. The number of allylic oxidation sites excluding steroid dienone is 8. The minimum atomic E-state index is -4.39. The number of hydrogen-bond donors (Lipinski definition) is 1. The summed E-state index contributed by atoms with van der Waals surface area (Å²) in [7, 11) is 1.50. The van der Waals surface area contributed by atoms with E-state index in [1.165, 1.54) is 340 Å². The molecule has 0 aliphatic carbocycles. The zero-order chi connectivity index (χ0) is 69.0. The Hall–Kier alpha value is -2.03. The summed E-state index contributed by atoms with van der Waals surface area (Å²) in [6, 6.07) is 0. The number of phosphoric ester groups is 1. The molecule has 2 atom stereocenters. The van der Waals surface area contributed by atoms with Crippen LogP contribution < -0.4 is 0 Å². The quantitative estimate of drug-likeness (QED) is 0.0211. The van der Waals surface area contributed by atoms with Crippen molar-refractivity contribution >= 4 is 19.8 Å². The van der Waals surface area contributed by atoms with Gasteiger partial charge in [-0.15, -0.1) is 0 Å². The normalized spacial score (nSPS) is 13.2. The molecule has 0 saturated carbocycles. The van der Waals surface area contributed by atoms with E-state index in [0.717, 1.165) is 57.8 Å². The van der Waals surface area contributed by atoms with Gasteiger partial charge in [0.05, 0.1) is 27.7 Å². The number of hydrogen-bond acceptors (Lipinski definition) is 7. The summed E-state index contributed by atoms with van der Waals surface area (Å²) in [4.78, 5) is 36.0. The molecule has 1 N–H and O–H groups in total. The molecule has 0 rings (SSSR count). The molecular weight excluding hydrogens is 1190 g/mol. The van der Waals surface area contributed by atoms with Gasteiger partial charge < -0.3 is 18.9 Å². The van der Waals surface area contributed by atoms with Crippen molar-refractivity contribution in [3.8, 4) is 0 Å². The Kier molecular flexibility index (Phi) is 74.5. The van der Waals surface area contributed by atoms with Crippen molar-refractivity contribution in [2.24, 2.45) is 0 Å². The fourth-order valence-electron chi connectivity index (χ4n) is 12.8. The van der Waals surface area contributed by atoms with Crippen LogP contribution >= 0.6 is 7.82 Å². The van der Waals surface area contributed by atoms with Gasteiger partial charge in [-0.05, 0) is 51.4 Å². The maximum Gasteiger partial charge on any atom is 0.472 e. The van der Waals surface area contributed by atoms with Gasteiger partial charge in [0.25, 0.3) is 0 Å². The molecule has 2 unspecified atom stereocenters. The highest BCUT2D eigenvalue weighted by Crippen LogP contribution is 2.43. The van der Waals surface area contributed by atoms with E-state index < -0.39 is 26.5 Å². The molecule has 0 fully saturated rings. The van der Waals surface area contributed by atoms with Crippen molar-refractivity contribution in [1.29, 1.82) is 0 Å². The Morgan fingerprint density at radius 3 is 0.895 bits per heavy atom. The lowest BCUT2D eigenvalue weighted by Crippen LogP contribution is -2.37. The van der Waals surface area contributed by atoms with Crippen LogP contribution in [0.5, 0.6) is 0 Å². The molecule has 0 aromatic rings. The van der Waals surface area contributed by atoms with Crippen molar-refractivity contribution in [2.45, 2.75) is 437 Å². The topological polar surface area (TPSA) is 108 Å². The number of esters is 2. The third kappa shape index (κ3) is 80.8. The highest BCUT2D eigenvalue weighted by Gasteiger charge is 2.27. The lowest BCUT2D eigenvalue weighted by Gasteiger charge is -2.24. The molecule has 0 aliphatic heterocycles. The summed E-state index contributed by atoms with van der Waals surface area (Å²) in [6.07, 6.45) is 101. The zero-order valence-electron chi connectivity index (χ0n) is 64.2. The molecule has 0 bridgehead atoms. The van der Waals surface area contributed by atoms with E-state index in [1.54, 1.807) is 0 Å². The van der Waals surface area contributed by atoms with Gasteiger partial charge in [-0.25, -0.2) is 4.57 Å². The molecule has 0 saturated heterocycles. The first-order valence-corrected chi connectivity index (χ1v) is 43.4. The summed E-state index contributed by atoms with van der Waals surface area (Å²) in [5.41, 5.74) is 0. The van der Waals surface area contributed by atoms with Crippen molar-refractivity contribution < 1.29 is 42.1 Å². The van der Waals surface area contributed by atoms with Crippen molar-refractivity contribution in [3.63, 3.8) is 0 Å². The predicted molar refractivity (Wildman–Crippen MR) is 413 cm³/mol. The van der Waals surface area contributed by atoms with E-state index in [-0.39, 0.29) is 25.6 Å². The molecule has 0 amide bonds. The Bertz CT molecular complexity index is 1740. The number of unbranched alkanes of at least 4 members (excludes halogenated alkanes) is 57. The Morgan fingerprint density at radius 2 is 0.600 bits per heavy atom. The SMILES string of the molecule is CC/C=C\C/C=C\C/C=C\C/C=C\CCCCCCCCCCCCCCCCCCCCCCCCCCCCC(=O)OC(COC(=O)CCCCCCCCCCCCCCCCCCCCCCCCCCCCCCCCCC)COP(=O)(O)OCC[N+](C)(C)C. The largest absolute Gasteiger partial charge is 0.472 e. The highest BCUT2D eigenvalue weighted by atomic mass is 31.2. The van der Waals surface area contributed by atoms with Gasteiger partial charge in [-0.3, -0.25) is 18.6 Å². The number of nitrogens with zero attached hydrogens (tertiary/aromatic N) is 1. The average Bonchev–Trinajstić information content (AvgIpc) is 2.18. The first-order valence-electron chi connectivity index (χ1n) is 41.9. The standard InChI is InChI=1S/C85H162NO8P/c1-6-8-10-12-14-16-18-20-22-24-26-28-30-32-34-36-38-40-41-42-43-44-45-46-48-50-52-54-56-58-60-62-64-66-68-70-72-74-76-78-85(88)94-83(82-93-95(89,90)92-80-79-86(3,4)5)81-91-84(87)77-75-73-71-69-67-65-63-61-59-57-55-53-51-49-47-39-37-35-33-31-29-27-25-23-21-19-17-15-13-11-9-7-2/h8,10,14,16,20,22,26,28,83H,6-7,9,11-13,15,17-19,21,23-25,27,29-82H2,1-5H3/p+1/b10-8-,16-14-,22-20-,28-26-. The van der Waals surface area contributed by atoms with E-state index >= 15 is 0 Å². The van der Waals surface area contributed by atoms with Gasteiger partial charge >= 0.3 is 19.8 Å². The number of phosphoric acid groups is 1. The van der Waals surface area contributed by atoms with Crippen molar-refractivity contribution in [3.05, 3.63) is 48.6 Å². The van der Waals surface area contributed by atoms with Gasteiger partial charge in [0.2, 0.25) is 0 Å². The number of likely N-dealkylation sites (N-methyl/N-ethyl adjacent to an activating group) is 1. The van der Waals surface area contributed by atoms with Gasteiger partial charge in [-0.2, -0.15) is 0 Å². The molecule has 95 heavy (non-hydrogen) atoms. The first kappa shape index (κ1) is 93.0. The fourth-order valence-corrected chi connectivity index (χ4v) is 13.5. The second kappa shape index (κ2) is 76.2. The van der Waals surface area contributed by atoms with Crippen LogP contribution in [0.25, 0.3) is 0 Å². The second-order valence-corrected chi connectivity index (χ2v) is 31.3. The number of ether oxygens (including phenoxy) is 2. The van der Waals surface area contributed by atoms with Crippen LogP contribution in [0, 0.1) is 0 Å². The van der Waals surface area contributed by atoms with E-state index in [4.69, 9.17) is 18.5 Å². The zero-order valence-corrected chi connectivity index (χ0v) is 65.1. The lowest BCUT2D eigenvalue weighted by atomic mass is 10.0. The summed E-state index contributed by atoms with van der Waals surface area (Å²) in [5, 5.41) is 0. The molecule has 9 nitrogen and oxygen atoms in total. The van der Waals surface area contributed by atoms with Crippen LogP contribution in [-0.4, -0.2) is 74.9 Å². The summed E-state index contributed by atoms with van der Waals surface area (Å²) in [6.45, 7) is 4.41. The van der Waals surface area contributed by atoms with Crippen LogP contribution in [0.4, 0.5) is 0 Å². The van der Waals surface area contributed by atoms with E-state index in [2.05, 4.69) is 62.5 Å². The smallest absolute Gasteiger partial charge is 0.462 e. The number of quaternary nitrogens is 1. The third-order valence-corrected chi connectivity index (χ3v) is 20.1. The minimum absolute atomic E-state index is 0.0356. The molecule has 10 heteroatoms. The van der Waals surface area contributed by atoms with Crippen LogP contribution in [-0.2, 0) is 32.7 Å². The van der Waals surface area contributed by atoms with Gasteiger partial charge in [0, 0.05) is 12.8 Å². The minimum Gasteiger partial charge on any atom is -0.462 e. The lowest BCUT2D eigenvalue weighted by molar-refractivity contribution is -0.870. The predicted octanol–water partition coefficient (Wildman–Crippen LogP) is 27.9. The van der Waals surface area contributed by atoms with Gasteiger partial charge in [0.15, 0.2) is 6.10 Å². The number of carbonyl (C=O) groups is 2. The van der Waals surface area contributed by atoms with E-state index in [9.17, 15) is 19.0 Å². The fraction of sp³-hybridized carbons (Fsp3) is 0.882. The van der Waals surface area contributed by atoms with Crippen LogP contribution in [0.3, 0.4) is 0 Å². The molecule has 0 heterocycles. The second-order valence-electron chi connectivity index (χ2n) is 29.8. The van der Waals surface area contributed by atoms with E-state index in [0.29, 0.717) is 23.9 Å². The first-order chi connectivity index (χ1) is 46.5. The number of rotatable bonds is 79. The Labute approximate surface area is 592 Å². The van der Waals surface area contributed by atoms with Crippen molar-refractivity contribution in [2.75, 3.05) is 47.5 Å². The van der Waals surface area contributed by atoms with Crippen LogP contribution in [0.2, 0.25) is 0 Å². The van der Waals surface area contributed by atoms with Crippen molar-refractivity contribution in [1.82, 2.24) is 0 Å². The molecular formula is C85H163NO8P+. The molecule has 0 aromatic heterocycles. The molecule has 560 valence electrons. The highest BCUT2D eigenvalue weighted by molar-refractivity contribution is 7.47. The Balaban J connectivity index is 3.87. The Morgan fingerprint density at radius 1 is 0.337 bits per heavy atom.